The van der Waals surface area contributed by atoms with Crippen molar-refractivity contribution < 1.29 is 13.9 Å². The average molecular weight is 210 g/mol. The lowest BCUT2D eigenvalue weighted by atomic mass is 10.1. The van der Waals surface area contributed by atoms with Crippen LogP contribution in [0.5, 0.6) is 5.75 Å². The van der Waals surface area contributed by atoms with E-state index >= 15 is 0 Å². The molecule has 15 heavy (non-hydrogen) atoms. The molecule has 1 aromatic rings. The minimum Gasteiger partial charge on any atom is -0.494 e. The van der Waals surface area contributed by atoms with Crippen LogP contribution in [0.25, 0.3) is 0 Å². The highest BCUT2D eigenvalue weighted by Crippen LogP contribution is 2.18. The summed E-state index contributed by atoms with van der Waals surface area (Å²) in [5.74, 6) is -0.129. The molecule has 0 bridgehead atoms. The van der Waals surface area contributed by atoms with Crippen molar-refractivity contribution in [2.75, 3.05) is 6.61 Å². The van der Waals surface area contributed by atoms with Gasteiger partial charge in [0.1, 0.15) is 11.6 Å². The van der Waals surface area contributed by atoms with E-state index in [-0.39, 0.29) is 11.3 Å². The molecule has 1 rings (SSSR count). The van der Waals surface area contributed by atoms with Crippen molar-refractivity contribution in [1.82, 2.24) is 0 Å². The largest absolute Gasteiger partial charge is 0.494 e. The third kappa shape index (κ3) is 3.05. The molecule has 0 atom stereocenters. The van der Waals surface area contributed by atoms with E-state index in [9.17, 15) is 9.18 Å². The maximum absolute atomic E-state index is 13.3. The predicted octanol–water partition coefficient (Wildman–Crippen LogP) is 3.21. The molecular formula is C12H15FO2. The molecular weight excluding hydrogens is 195 g/mol. The maximum atomic E-state index is 13.3. The molecule has 0 saturated heterocycles. The smallest absolute Gasteiger partial charge is 0.165 e. The number of hydrogen-bond acceptors (Lipinski definition) is 2. The van der Waals surface area contributed by atoms with Gasteiger partial charge in [-0.25, -0.2) is 4.39 Å². The van der Waals surface area contributed by atoms with Crippen molar-refractivity contribution in [1.29, 1.82) is 0 Å². The number of Topliss-reactive ketones (excluding diaryl/α,β-unsaturated/α-hetero) is 1. The summed E-state index contributed by atoms with van der Waals surface area (Å²) in [7, 11) is 0. The Labute approximate surface area is 89.1 Å². The van der Waals surface area contributed by atoms with Crippen LogP contribution >= 0.6 is 0 Å². The third-order valence-corrected chi connectivity index (χ3v) is 2.03. The molecule has 0 aliphatic heterocycles. The van der Waals surface area contributed by atoms with E-state index in [0.29, 0.717) is 18.8 Å². The molecule has 0 aliphatic carbocycles. The minimum absolute atomic E-state index is 0.117. The molecule has 0 aromatic heterocycles. The lowest BCUT2D eigenvalue weighted by molar-refractivity contribution is 0.0984. The second-order valence-corrected chi connectivity index (χ2v) is 3.27. The molecule has 0 unspecified atom stereocenters. The van der Waals surface area contributed by atoms with Gasteiger partial charge in [0.05, 0.1) is 12.2 Å². The van der Waals surface area contributed by atoms with Crippen LogP contribution in [0.4, 0.5) is 4.39 Å². The van der Waals surface area contributed by atoms with Crippen LogP contribution in [0.15, 0.2) is 18.2 Å². The molecule has 0 fully saturated rings. The molecule has 2 nitrogen and oxygen atoms in total. The molecule has 0 radical (unpaired) electrons. The maximum Gasteiger partial charge on any atom is 0.165 e. The quantitative estimate of drug-likeness (QED) is 0.697. The Kier molecular flexibility index (Phi) is 4.28. The van der Waals surface area contributed by atoms with Crippen LogP contribution in [0.3, 0.4) is 0 Å². The third-order valence-electron chi connectivity index (χ3n) is 2.03. The molecule has 0 heterocycles. The Morgan fingerprint density at radius 2 is 2.13 bits per heavy atom. The van der Waals surface area contributed by atoms with E-state index in [2.05, 4.69) is 0 Å². The second kappa shape index (κ2) is 5.49. The standard InChI is InChI=1S/C12H15FO2/c1-3-7-15-9-5-6-11(13)10(8-9)12(14)4-2/h5-6,8H,3-4,7H2,1-2H3. The van der Waals surface area contributed by atoms with Gasteiger partial charge in [-0.1, -0.05) is 13.8 Å². The Bertz CT molecular complexity index is 347. The van der Waals surface area contributed by atoms with Gasteiger partial charge in [0, 0.05) is 6.42 Å². The van der Waals surface area contributed by atoms with Gasteiger partial charge in [-0.05, 0) is 24.6 Å². The van der Waals surface area contributed by atoms with Gasteiger partial charge in [-0.2, -0.15) is 0 Å². The Balaban J connectivity index is 2.89. The molecule has 0 aliphatic rings. The first-order valence-electron chi connectivity index (χ1n) is 5.14. The fourth-order valence-corrected chi connectivity index (χ4v) is 1.22. The van der Waals surface area contributed by atoms with Gasteiger partial charge in [0.15, 0.2) is 5.78 Å². The number of carbonyl (C=O) groups excluding carboxylic acids is 1. The topological polar surface area (TPSA) is 26.3 Å². The number of ether oxygens (including phenoxy) is 1. The van der Waals surface area contributed by atoms with Crippen LogP contribution in [0, 0.1) is 5.82 Å². The van der Waals surface area contributed by atoms with Gasteiger partial charge in [-0.15, -0.1) is 0 Å². The van der Waals surface area contributed by atoms with Gasteiger partial charge >= 0.3 is 0 Å². The summed E-state index contributed by atoms with van der Waals surface area (Å²) in [6.45, 7) is 4.27. The Hall–Kier alpha value is -1.38. The van der Waals surface area contributed by atoms with E-state index < -0.39 is 5.82 Å². The number of rotatable bonds is 5. The molecule has 0 amide bonds. The van der Waals surface area contributed by atoms with Crippen LogP contribution < -0.4 is 4.74 Å². The summed E-state index contributed by atoms with van der Waals surface area (Å²) >= 11 is 0. The van der Waals surface area contributed by atoms with Crippen molar-refractivity contribution in [3.05, 3.63) is 29.6 Å². The van der Waals surface area contributed by atoms with Gasteiger partial charge in [0.25, 0.3) is 0 Å². The first-order valence-corrected chi connectivity index (χ1v) is 5.14. The summed E-state index contributed by atoms with van der Waals surface area (Å²) < 4.78 is 18.6. The number of benzene rings is 1. The summed E-state index contributed by atoms with van der Waals surface area (Å²) in [5, 5.41) is 0. The highest BCUT2D eigenvalue weighted by atomic mass is 19.1. The highest BCUT2D eigenvalue weighted by Gasteiger charge is 2.10. The summed E-state index contributed by atoms with van der Waals surface area (Å²) in [6, 6.07) is 4.28. The first-order chi connectivity index (χ1) is 7.19. The Morgan fingerprint density at radius 1 is 1.40 bits per heavy atom. The summed E-state index contributed by atoms with van der Waals surface area (Å²) in [6.07, 6.45) is 1.18. The zero-order valence-electron chi connectivity index (χ0n) is 9.05. The van der Waals surface area contributed by atoms with Crippen LogP contribution in [0.2, 0.25) is 0 Å². The van der Waals surface area contributed by atoms with Gasteiger partial charge < -0.3 is 4.74 Å². The van der Waals surface area contributed by atoms with Crippen LogP contribution in [-0.4, -0.2) is 12.4 Å². The molecule has 1 aromatic carbocycles. The lowest BCUT2D eigenvalue weighted by Gasteiger charge is -2.06. The zero-order valence-corrected chi connectivity index (χ0v) is 9.05. The van der Waals surface area contributed by atoms with E-state index in [4.69, 9.17) is 4.74 Å². The average Bonchev–Trinajstić information content (AvgIpc) is 2.27. The monoisotopic (exact) mass is 210 g/mol. The summed E-state index contributed by atoms with van der Waals surface area (Å²) in [4.78, 5) is 11.4. The number of carbonyl (C=O) groups is 1. The van der Waals surface area contributed by atoms with Crippen molar-refractivity contribution in [3.8, 4) is 5.75 Å². The molecule has 82 valence electrons. The van der Waals surface area contributed by atoms with E-state index in [1.807, 2.05) is 6.92 Å². The van der Waals surface area contributed by atoms with Crippen molar-refractivity contribution >= 4 is 5.78 Å². The van der Waals surface area contributed by atoms with Crippen LogP contribution in [-0.2, 0) is 0 Å². The van der Waals surface area contributed by atoms with Crippen molar-refractivity contribution in [2.24, 2.45) is 0 Å². The number of hydrogen-bond donors (Lipinski definition) is 0. The molecule has 3 heteroatoms. The van der Waals surface area contributed by atoms with Crippen LogP contribution in [0.1, 0.15) is 37.0 Å². The van der Waals surface area contributed by atoms with E-state index in [1.54, 1.807) is 6.92 Å². The van der Waals surface area contributed by atoms with E-state index in [1.165, 1.54) is 18.2 Å². The van der Waals surface area contributed by atoms with E-state index in [0.717, 1.165) is 6.42 Å². The molecule has 0 saturated carbocycles. The predicted molar refractivity (Wildman–Crippen MR) is 56.8 cm³/mol. The molecule has 0 spiro atoms. The zero-order chi connectivity index (χ0) is 11.3. The Morgan fingerprint density at radius 3 is 2.73 bits per heavy atom. The van der Waals surface area contributed by atoms with Gasteiger partial charge in [0.2, 0.25) is 0 Å². The molecule has 0 N–H and O–H groups in total. The number of ketones is 1. The SMILES string of the molecule is CCCOc1ccc(F)c(C(=O)CC)c1. The first kappa shape index (κ1) is 11.7. The van der Waals surface area contributed by atoms with Crippen molar-refractivity contribution in [2.45, 2.75) is 26.7 Å². The van der Waals surface area contributed by atoms with Crippen molar-refractivity contribution in [3.63, 3.8) is 0 Å². The van der Waals surface area contributed by atoms with Gasteiger partial charge in [-0.3, -0.25) is 4.79 Å². The second-order valence-electron chi connectivity index (χ2n) is 3.27. The lowest BCUT2D eigenvalue weighted by Crippen LogP contribution is -2.02. The highest BCUT2D eigenvalue weighted by molar-refractivity contribution is 5.96. The normalized spacial score (nSPS) is 10.1. The minimum atomic E-state index is -0.481. The number of halogens is 1. The fraction of sp³-hybridized carbons (Fsp3) is 0.417. The summed E-state index contributed by atoms with van der Waals surface area (Å²) in [5.41, 5.74) is 0.117. The fourth-order valence-electron chi connectivity index (χ4n) is 1.22.